The zero-order valence-corrected chi connectivity index (χ0v) is 8.88. The molecule has 1 atom stereocenters. The van der Waals surface area contributed by atoms with Crippen molar-refractivity contribution in [2.45, 2.75) is 13.0 Å². The van der Waals surface area contributed by atoms with Gasteiger partial charge < -0.3 is 10.2 Å². The maximum atomic E-state index is 13.0. The number of carboxylic acid groups (broad SMARTS) is 1. The fourth-order valence-corrected chi connectivity index (χ4v) is 1.55. The van der Waals surface area contributed by atoms with Gasteiger partial charge in [0, 0.05) is 10.0 Å². The van der Waals surface area contributed by atoms with E-state index in [1.165, 1.54) is 13.0 Å². The van der Waals surface area contributed by atoms with Gasteiger partial charge in [0.2, 0.25) is 0 Å². The van der Waals surface area contributed by atoms with E-state index in [-0.39, 0.29) is 10.0 Å². The molecule has 76 valence electrons. The number of halogens is 2. The molecule has 3 nitrogen and oxygen atoms in total. The van der Waals surface area contributed by atoms with E-state index in [2.05, 4.69) is 15.9 Å². The average molecular weight is 263 g/mol. The minimum atomic E-state index is -1.64. The van der Waals surface area contributed by atoms with E-state index in [9.17, 15) is 14.3 Å². The summed E-state index contributed by atoms with van der Waals surface area (Å²) in [5, 5.41) is 17.8. The summed E-state index contributed by atoms with van der Waals surface area (Å²) in [4.78, 5) is 10.5. The average Bonchev–Trinajstić information content (AvgIpc) is 2.10. The van der Waals surface area contributed by atoms with Gasteiger partial charge in [-0.2, -0.15) is 0 Å². The van der Waals surface area contributed by atoms with Crippen LogP contribution in [0.3, 0.4) is 0 Å². The van der Waals surface area contributed by atoms with E-state index >= 15 is 0 Å². The lowest BCUT2D eigenvalue weighted by atomic mass is 10.1. The Hall–Kier alpha value is -0.940. The Labute approximate surface area is 88.3 Å². The molecule has 0 amide bonds. The Bertz CT molecular complexity index is 379. The van der Waals surface area contributed by atoms with Crippen LogP contribution >= 0.6 is 15.9 Å². The summed E-state index contributed by atoms with van der Waals surface area (Å²) in [5.41, 5.74) is 0.444. The largest absolute Gasteiger partial charge is 0.479 e. The van der Waals surface area contributed by atoms with Gasteiger partial charge in [-0.25, -0.2) is 9.18 Å². The highest BCUT2D eigenvalue weighted by molar-refractivity contribution is 9.10. The molecule has 0 aliphatic carbocycles. The fourth-order valence-electron chi connectivity index (χ4n) is 1.02. The Balaban J connectivity index is 3.22. The summed E-state index contributed by atoms with van der Waals surface area (Å²) in [7, 11) is 0. The third-order valence-corrected chi connectivity index (χ3v) is 2.49. The van der Waals surface area contributed by atoms with E-state index in [0.717, 1.165) is 6.07 Å². The molecule has 0 bridgehead atoms. The van der Waals surface area contributed by atoms with E-state index in [4.69, 9.17) is 5.11 Å². The number of carbonyl (C=O) groups is 1. The minimum absolute atomic E-state index is 0.149. The lowest BCUT2D eigenvalue weighted by Gasteiger charge is -2.09. The van der Waals surface area contributed by atoms with Gasteiger partial charge in [-0.1, -0.05) is 15.9 Å². The predicted molar refractivity (Wildman–Crippen MR) is 51.4 cm³/mol. The summed E-state index contributed by atoms with van der Waals surface area (Å²) in [6.07, 6.45) is -1.64. The standard InChI is InChI=1S/C9H8BrFO3/c1-4-2-5(8(12)9(13)14)6(10)3-7(4)11/h2-3,8,12H,1H3,(H,13,14). The van der Waals surface area contributed by atoms with Crippen LogP contribution in [-0.2, 0) is 4.79 Å². The molecule has 5 heteroatoms. The molecule has 2 N–H and O–H groups in total. The first kappa shape index (κ1) is 11.1. The molecule has 1 aromatic carbocycles. The second-order valence-electron chi connectivity index (χ2n) is 2.86. The topological polar surface area (TPSA) is 57.5 Å². The number of aliphatic carboxylic acids is 1. The molecule has 0 aromatic heterocycles. The molecule has 0 fully saturated rings. The van der Waals surface area contributed by atoms with Crippen molar-refractivity contribution in [3.05, 3.63) is 33.5 Å². The van der Waals surface area contributed by atoms with Crippen LogP contribution in [0.15, 0.2) is 16.6 Å². The number of aliphatic hydroxyl groups is 1. The molecule has 0 radical (unpaired) electrons. The van der Waals surface area contributed by atoms with Gasteiger partial charge in [-0.15, -0.1) is 0 Å². The molecule has 14 heavy (non-hydrogen) atoms. The van der Waals surface area contributed by atoms with E-state index in [1.807, 2.05) is 0 Å². The quantitative estimate of drug-likeness (QED) is 0.858. The number of aliphatic hydroxyl groups excluding tert-OH is 1. The fraction of sp³-hybridized carbons (Fsp3) is 0.222. The Morgan fingerprint density at radius 1 is 1.57 bits per heavy atom. The third kappa shape index (κ3) is 2.10. The molecule has 0 aliphatic heterocycles. The third-order valence-electron chi connectivity index (χ3n) is 1.81. The van der Waals surface area contributed by atoms with Crippen LogP contribution in [0.25, 0.3) is 0 Å². The number of aryl methyl sites for hydroxylation is 1. The number of carboxylic acids is 1. The van der Waals surface area contributed by atoms with E-state index in [1.54, 1.807) is 0 Å². The van der Waals surface area contributed by atoms with Crippen LogP contribution in [0, 0.1) is 12.7 Å². The van der Waals surface area contributed by atoms with Crippen molar-refractivity contribution in [3.8, 4) is 0 Å². The Morgan fingerprint density at radius 3 is 2.64 bits per heavy atom. The number of benzene rings is 1. The van der Waals surface area contributed by atoms with Crippen molar-refractivity contribution < 1.29 is 19.4 Å². The predicted octanol–water partition coefficient (Wildman–Crippen LogP) is 2.01. The van der Waals surface area contributed by atoms with Crippen LogP contribution in [-0.4, -0.2) is 16.2 Å². The lowest BCUT2D eigenvalue weighted by molar-refractivity contribution is -0.147. The van der Waals surface area contributed by atoms with E-state index < -0.39 is 17.9 Å². The maximum absolute atomic E-state index is 13.0. The SMILES string of the molecule is Cc1cc(C(O)C(=O)O)c(Br)cc1F. The molecular weight excluding hydrogens is 255 g/mol. The molecular formula is C9H8BrFO3. The molecule has 0 spiro atoms. The molecule has 0 aliphatic rings. The summed E-state index contributed by atoms with van der Waals surface area (Å²) in [6.45, 7) is 1.50. The summed E-state index contributed by atoms with van der Waals surface area (Å²) >= 11 is 2.99. The highest BCUT2D eigenvalue weighted by Crippen LogP contribution is 2.26. The smallest absolute Gasteiger partial charge is 0.337 e. The number of hydrogen-bond donors (Lipinski definition) is 2. The first-order valence-corrected chi connectivity index (χ1v) is 4.59. The molecule has 1 unspecified atom stereocenters. The highest BCUT2D eigenvalue weighted by Gasteiger charge is 2.19. The van der Waals surface area contributed by atoms with Crippen molar-refractivity contribution in [2.24, 2.45) is 0 Å². The van der Waals surface area contributed by atoms with Gasteiger partial charge in [-0.3, -0.25) is 0 Å². The highest BCUT2D eigenvalue weighted by atomic mass is 79.9. The number of rotatable bonds is 2. The zero-order valence-electron chi connectivity index (χ0n) is 7.29. The van der Waals surface area contributed by atoms with E-state index in [0.29, 0.717) is 5.56 Å². The van der Waals surface area contributed by atoms with Crippen LogP contribution in [0.1, 0.15) is 17.2 Å². The van der Waals surface area contributed by atoms with Crippen molar-refractivity contribution in [2.75, 3.05) is 0 Å². The first-order valence-electron chi connectivity index (χ1n) is 3.80. The summed E-state index contributed by atoms with van der Waals surface area (Å²) in [5.74, 6) is -1.81. The van der Waals surface area contributed by atoms with Gasteiger partial charge in [0.15, 0.2) is 6.10 Å². The second-order valence-corrected chi connectivity index (χ2v) is 3.72. The Morgan fingerprint density at radius 2 is 2.14 bits per heavy atom. The van der Waals surface area contributed by atoms with Crippen LogP contribution in [0.4, 0.5) is 4.39 Å². The van der Waals surface area contributed by atoms with Gasteiger partial charge >= 0.3 is 5.97 Å². The minimum Gasteiger partial charge on any atom is -0.479 e. The number of hydrogen-bond acceptors (Lipinski definition) is 2. The van der Waals surface area contributed by atoms with Crippen molar-refractivity contribution in [3.63, 3.8) is 0 Å². The lowest BCUT2D eigenvalue weighted by Crippen LogP contribution is -2.11. The van der Waals surface area contributed by atoms with Crippen LogP contribution in [0.5, 0.6) is 0 Å². The first-order chi connectivity index (χ1) is 6.43. The van der Waals surface area contributed by atoms with Gasteiger partial charge in [0.1, 0.15) is 5.82 Å². The monoisotopic (exact) mass is 262 g/mol. The molecule has 0 heterocycles. The molecule has 0 saturated heterocycles. The summed E-state index contributed by atoms with van der Waals surface area (Å²) < 4.78 is 13.2. The van der Waals surface area contributed by atoms with Gasteiger partial charge in [0.05, 0.1) is 0 Å². The maximum Gasteiger partial charge on any atom is 0.337 e. The zero-order chi connectivity index (χ0) is 10.9. The van der Waals surface area contributed by atoms with Gasteiger partial charge in [-0.05, 0) is 24.6 Å². The van der Waals surface area contributed by atoms with Crippen LogP contribution < -0.4 is 0 Å². The second kappa shape index (κ2) is 4.06. The van der Waals surface area contributed by atoms with Gasteiger partial charge in [0.25, 0.3) is 0 Å². The van der Waals surface area contributed by atoms with Crippen molar-refractivity contribution in [1.82, 2.24) is 0 Å². The van der Waals surface area contributed by atoms with Crippen molar-refractivity contribution >= 4 is 21.9 Å². The van der Waals surface area contributed by atoms with Crippen molar-refractivity contribution in [1.29, 1.82) is 0 Å². The molecule has 1 rings (SSSR count). The Kier molecular flexibility index (Phi) is 3.23. The molecule has 1 aromatic rings. The van der Waals surface area contributed by atoms with Crippen LogP contribution in [0.2, 0.25) is 0 Å². The summed E-state index contributed by atoms with van der Waals surface area (Å²) in [6, 6.07) is 2.44. The normalized spacial score (nSPS) is 12.6. The molecule has 0 saturated carbocycles.